The van der Waals surface area contributed by atoms with E-state index in [0.29, 0.717) is 27.6 Å². The highest BCUT2D eigenvalue weighted by molar-refractivity contribution is 7.17. The lowest BCUT2D eigenvalue weighted by Crippen LogP contribution is -2.50. The van der Waals surface area contributed by atoms with E-state index in [0.717, 1.165) is 34.6 Å². The Labute approximate surface area is 190 Å². The molecule has 0 saturated heterocycles. The normalized spacial score (nSPS) is 18.4. The van der Waals surface area contributed by atoms with Gasteiger partial charge in [-0.25, -0.2) is 4.79 Å². The Morgan fingerprint density at radius 3 is 2.34 bits per heavy atom. The summed E-state index contributed by atoms with van der Waals surface area (Å²) in [5.74, 6) is -1.77. The van der Waals surface area contributed by atoms with Gasteiger partial charge in [-0.3, -0.25) is 19.3 Å². The third-order valence-electron chi connectivity index (χ3n) is 6.14. The van der Waals surface area contributed by atoms with E-state index in [-0.39, 0.29) is 5.92 Å². The van der Waals surface area contributed by atoms with Gasteiger partial charge in [0.05, 0.1) is 23.8 Å². The van der Waals surface area contributed by atoms with Crippen molar-refractivity contribution in [1.82, 2.24) is 4.90 Å². The molecule has 0 bridgehead atoms. The molecule has 2 atom stereocenters. The summed E-state index contributed by atoms with van der Waals surface area (Å²) in [5, 5.41) is 3.28. The van der Waals surface area contributed by atoms with Crippen LogP contribution in [-0.2, 0) is 22.4 Å². The maximum atomic E-state index is 13.4. The third kappa shape index (κ3) is 3.62. The van der Waals surface area contributed by atoms with Gasteiger partial charge in [-0.2, -0.15) is 0 Å². The van der Waals surface area contributed by atoms with Crippen molar-refractivity contribution in [2.24, 2.45) is 11.8 Å². The summed E-state index contributed by atoms with van der Waals surface area (Å²) in [4.78, 5) is 54.0. The van der Waals surface area contributed by atoms with Crippen LogP contribution >= 0.6 is 11.3 Å². The Kier molecular flexibility index (Phi) is 5.90. The average Bonchev–Trinajstić information content (AvgIpc) is 3.23. The second kappa shape index (κ2) is 8.50. The number of hydrogen-bond acceptors (Lipinski definition) is 6. The van der Waals surface area contributed by atoms with E-state index < -0.39 is 29.7 Å². The van der Waals surface area contributed by atoms with E-state index in [1.165, 1.54) is 18.4 Å². The molecule has 0 fully saturated rings. The fraction of sp³-hybridized carbons (Fsp3) is 0.417. The number of methoxy groups -OCH3 is 1. The van der Waals surface area contributed by atoms with Crippen LogP contribution in [0.1, 0.15) is 68.7 Å². The lowest BCUT2D eigenvalue weighted by Gasteiger charge is -2.28. The number of ether oxygens (including phenoxy) is 1. The number of carbonyl (C=O) groups excluding carboxylic acids is 4. The molecular weight excluding hydrogens is 428 g/mol. The number of thiophene rings is 1. The predicted octanol–water partition coefficient (Wildman–Crippen LogP) is 3.92. The summed E-state index contributed by atoms with van der Waals surface area (Å²) in [6.45, 7) is 5.74. The first-order chi connectivity index (χ1) is 15.2. The molecule has 8 heteroatoms. The van der Waals surface area contributed by atoms with Gasteiger partial charge in [0.15, 0.2) is 0 Å². The highest BCUT2D eigenvalue weighted by Crippen LogP contribution is 2.40. The monoisotopic (exact) mass is 454 g/mol. The van der Waals surface area contributed by atoms with Crippen LogP contribution in [0.4, 0.5) is 5.00 Å². The van der Waals surface area contributed by atoms with Crippen molar-refractivity contribution in [3.63, 3.8) is 0 Å². The lowest BCUT2D eigenvalue weighted by atomic mass is 9.88. The Hall–Kier alpha value is -3.00. The van der Waals surface area contributed by atoms with Crippen molar-refractivity contribution in [3.8, 4) is 0 Å². The third-order valence-corrected chi connectivity index (χ3v) is 7.31. The maximum absolute atomic E-state index is 13.4. The minimum atomic E-state index is -1.01. The Balaban J connectivity index is 1.68. The molecule has 3 amide bonds. The van der Waals surface area contributed by atoms with Gasteiger partial charge in [0.1, 0.15) is 11.0 Å². The molecule has 0 unspecified atom stereocenters. The van der Waals surface area contributed by atoms with Gasteiger partial charge in [0.25, 0.3) is 11.8 Å². The first kappa shape index (κ1) is 22.2. The summed E-state index contributed by atoms with van der Waals surface area (Å²) in [6, 6.07) is 5.56. The van der Waals surface area contributed by atoms with Crippen molar-refractivity contribution >= 4 is 40.0 Å². The number of amides is 3. The van der Waals surface area contributed by atoms with E-state index in [1.807, 2.05) is 0 Å². The number of nitrogens with zero attached hydrogens (tertiary/aromatic N) is 1. The van der Waals surface area contributed by atoms with E-state index in [2.05, 4.69) is 12.2 Å². The number of anilines is 1. The van der Waals surface area contributed by atoms with Crippen molar-refractivity contribution in [2.75, 3.05) is 12.4 Å². The van der Waals surface area contributed by atoms with Crippen LogP contribution in [0.25, 0.3) is 0 Å². The highest BCUT2D eigenvalue weighted by atomic mass is 32.1. The van der Waals surface area contributed by atoms with Crippen LogP contribution in [0.5, 0.6) is 0 Å². The summed E-state index contributed by atoms with van der Waals surface area (Å²) < 4.78 is 4.99. The first-order valence-electron chi connectivity index (χ1n) is 10.7. The zero-order chi connectivity index (χ0) is 23.2. The summed E-state index contributed by atoms with van der Waals surface area (Å²) >= 11 is 1.38. The van der Waals surface area contributed by atoms with Crippen molar-refractivity contribution < 1.29 is 23.9 Å². The molecule has 7 nitrogen and oxygen atoms in total. The van der Waals surface area contributed by atoms with Gasteiger partial charge in [0.2, 0.25) is 5.91 Å². The van der Waals surface area contributed by atoms with Crippen LogP contribution in [0, 0.1) is 11.8 Å². The second-order valence-electron chi connectivity index (χ2n) is 8.75. The fourth-order valence-corrected chi connectivity index (χ4v) is 5.92. The molecule has 32 heavy (non-hydrogen) atoms. The van der Waals surface area contributed by atoms with Crippen LogP contribution in [0.3, 0.4) is 0 Å². The Bertz CT molecular complexity index is 1080. The van der Waals surface area contributed by atoms with Gasteiger partial charge >= 0.3 is 5.97 Å². The largest absolute Gasteiger partial charge is 0.465 e. The molecule has 2 aromatic rings. The van der Waals surface area contributed by atoms with Gasteiger partial charge in [-0.1, -0.05) is 32.9 Å². The predicted molar refractivity (Wildman–Crippen MR) is 121 cm³/mol. The highest BCUT2D eigenvalue weighted by Gasteiger charge is 2.44. The van der Waals surface area contributed by atoms with Crippen molar-refractivity contribution in [2.45, 2.75) is 46.1 Å². The topological polar surface area (TPSA) is 92.8 Å². The molecule has 0 spiro atoms. The average molecular weight is 455 g/mol. The molecule has 0 radical (unpaired) electrons. The molecule has 1 aliphatic heterocycles. The second-order valence-corrected chi connectivity index (χ2v) is 9.86. The van der Waals surface area contributed by atoms with Crippen molar-refractivity contribution in [1.29, 1.82) is 0 Å². The first-order valence-corrected chi connectivity index (χ1v) is 11.6. The van der Waals surface area contributed by atoms with Crippen LogP contribution in [0.2, 0.25) is 0 Å². The van der Waals surface area contributed by atoms with E-state index >= 15 is 0 Å². The van der Waals surface area contributed by atoms with Crippen LogP contribution in [0.15, 0.2) is 24.3 Å². The number of carbonyl (C=O) groups is 4. The molecule has 4 rings (SSSR count). The lowest BCUT2D eigenvalue weighted by molar-refractivity contribution is -0.121. The molecule has 2 aliphatic rings. The SMILES string of the molecule is COC(=O)c1c(NC(=O)[C@@H](C(C)C)N2C(=O)c3ccccc3C2=O)sc2c1CC[C@H](C)C2. The van der Waals surface area contributed by atoms with Crippen molar-refractivity contribution in [3.05, 3.63) is 51.4 Å². The van der Waals surface area contributed by atoms with Gasteiger partial charge in [0, 0.05) is 4.88 Å². The zero-order valence-corrected chi connectivity index (χ0v) is 19.4. The number of hydrogen-bond donors (Lipinski definition) is 1. The number of imide groups is 1. The molecule has 1 aliphatic carbocycles. The molecule has 0 saturated carbocycles. The minimum absolute atomic E-state index is 0.298. The number of rotatable bonds is 5. The summed E-state index contributed by atoms with van der Waals surface area (Å²) in [5.41, 5.74) is 1.91. The smallest absolute Gasteiger partial charge is 0.341 e. The number of esters is 1. The number of benzene rings is 1. The fourth-order valence-electron chi connectivity index (χ4n) is 4.52. The molecule has 1 N–H and O–H groups in total. The van der Waals surface area contributed by atoms with Crippen LogP contribution in [-0.4, -0.2) is 41.7 Å². The number of nitrogens with one attached hydrogen (secondary N) is 1. The molecule has 2 heterocycles. The van der Waals surface area contributed by atoms with E-state index in [9.17, 15) is 19.2 Å². The van der Waals surface area contributed by atoms with E-state index in [4.69, 9.17) is 4.74 Å². The quantitative estimate of drug-likeness (QED) is 0.546. The van der Waals surface area contributed by atoms with Gasteiger partial charge < -0.3 is 10.1 Å². The van der Waals surface area contributed by atoms with E-state index in [1.54, 1.807) is 38.1 Å². The van der Waals surface area contributed by atoms with Gasteiger partial charge in [-0.15, -0.1) is 11.3 Å². The molecule has 168 valence electrons. The summed E-state index contributed by atoms with van der Waals surface area (Å²) in [7, 11) is 1.32. The molecular formula is C24H26N2O5S. The maximum Gasteiger partial charge on any atom is 0.341 e. The number of fused-ring (bicyclic) bond motifs is 2. The van der Waals surface area contributed by atoms with Gasteiger partial charge in [-0.05, 0) is 48.8 Å². The Morgan fingerprint density at radius 2 is 1.78 bits per heavy atom. The minimum Gasteiger partial charge on any atom is -0.465 e. The standard InChI is InChI=1S/C24H26N2O5S/c1-12(2)19(26-22(28)14-7-5-6-8-15(14)23(26)29)20(27)25-21-18(24(30)31-4)16-10-9-13(3)11-17(16)32-21/h5-8,12-13,19H,9-11H2,1-4H3,(H,25,27)/t13-,19+/m0/s1. The summed E-state index contributed by atoms with van der Waals surface area (Å²) in [6.07, 6.45) is 2.55. The molecule has 1 aromatic heterocycles. The zero-order valence-electron chi connectivity index (χ0n) is 18.6. The Morgan fingerprint density at radius 1 is 1.16 bits per heavy atom. The molecule has 1 aromatic carbocycles. The van der Waals surface area contributed by atoms with Crippen LogP contribution < -0.4 is 5.32 Å².